The Hall–Kier alpha value is -1.08. The highest BCUT2D eigenvalue weighted by atomic mass is 15.3. The van der Waals surface area contributed by atoms with Gasteiger partial charge in [-0.05, 0) is 89.2 Å². The van der Waals surface area contributed by atoms with Crippen molar-refractivity contribution in [1.82, 2.24) is 0 Å². The minimum Gasteiger partial charge on any atom is -0.317 e. The number of hydrogen-bond donors (Lipinski definition) is 0. The van der Waals surface area contributed by atoms with E-state index in [9.17, 15) is 0 Å². The van der Waals surface area contributed by atoms with E-state index in [1.165, 1.54) is 197 Å². The predicted octanol–water partition coefficient (Wildman–Crippen LogP) is 14.3. The summed E-state index contributed by atoms with van der Waals surface area (Å²) in [5, 5.41) is 0. The lowest BCUT2D eigenvalue weighted by Crippen LogP contribution is -2.49. The van der Waals surface area contributed by atoms with Crippen molar-refractivity contribution < 1.29 is 4.48 Å². The molecule has 1 heteroatoms. The fourth-order valence-electron chi connectivity index (χ4n) is 6.49. The van der Waals surface area contributed by atoms with Crippen LogP contribution in [0.1, 0.15) is 194 Å². The second-order valence-electron chi connectivity index (χ2n) is 13.6. The third-order valence-corrected chi connectivity index (χ3v) is 9.32. The van der Waals surface area contributed by atoms with Crippen LogP contribution < -0.4 is 0 Å². The smallest absolute Gasteiger partial charge is 0.0973 e. The summed E-state index contributed by atoms with van der Waals surface area (Å²) in [4.78, 5) is 0. The molecule has 0 aromatic heterocycles. The normalized spacial score (nSPS) is 12.1. The number of quaternary nitrogens is 1. The molecule has 0 saturated heterocycles. The summed E-state index contributed by atoms with van der Waals surface area (Å²) >= 11 is 0. The van der Waals surface area contributed by atoms with Gasteiger partial charge in [-0.3, -0.25) is 0 Å². The Morgan fingerprint density at radius 3 is 0.884 bits per heavy atom. The van der Waals surface area contributed by atoms with Crippen LogP contribution in [-0.2, 0) is 0 Å². The molecule has 0 rings (SSSR count). The van der Waals surface area contributed by atoms with Crippen LogP contribution in [0.25, 0.3) is 0 Å². The molecule has 252 valence electrons. The quantitative estimate of drug-likeness (QED) is 0.0382. The van der Waals surface area contributed by atoms with Crippen molar-refractivity contribution in [1.29, 1.82) is 0 Å². The van der Waals surface area contributed by atoms with Crippen LogP contribution in [0, 0.1) is 0 Å². The summed E-state index contributed by atoms with van der Waals surface area (Å²) in [7, 11) is 0. The maximum atomic E-state index is 4.12. The van der Waals surface area contributed by atoms with Crippen LogP contribution in [0.5, 0.6) is 0 Å². The van der Waals surface area contributed by atoms with Crippen molar-refractivity contribution in [2.45, 2.75) is 194 Å². The zero-order valence-electron chi connectivity index (χ0n) is 30.0. The van der Waals surface area contributed by atoms with Gasteiger partial charge in [0, 0.05) is 0 Å². The molecule has 0 aliphatic heterocycles. The van der Waals surface area contributed by atoms with Crippen LogP contribution in [0.15, 0.2) is 49.6 Å². The lowest BCUT2D eigenvalue weighted by atomic mass is 10.1. The minimum absolute atomic E-state index is 1.10. The van der Waals surface area contributed by atoms with Crippen molar-refractivity contribution >= 4 is 0 Å². The first-order valence-corrected chi connectivity index (χ1v) is 19.6. The van der Waals surface area contributed by atoms with E-state index in [-0.39, 0.29) is 0 Å². The van der Waals surface area contributed by atoms with Gasteiger partial charge in [0.2, 0.25) is 0 Å². The van der Waals surface area contributed by atoms with Crippen molar-refractivity contribution in [3.05, 3.63) is 49.6 Å². The van der Waals surface area contributed by atoms with Gasteiger partial charge in [0.05, 0.1) is 26.2 Å². The molecule has 0 saturated carbocycles. The molecule has 0 amide bonds. The maximum Gasteiger partial charge on any atom is 0.0973 e. The van der Waals surface area contributed by atoms with E-state index in [0.29, 0.717) is 0 Å². The summed E-state index contributed by atoms with van der Waals surface area (Å²) < 4.78 is 1.18. The molecule has 0 aromatic carbocycles. The van der Waals surface area contributed by atoms with Crippen LogP contribution >= 0.6 is 0 Å². The summed E-state index contributed by atoms with van der Waals surface area (Å²) in [5.41, 5.74) is 0. The van der Waals surface area contributed by atoms with Gasteiger partial charge < -0.3 is 4.48 Å². The van der Waals surface area contributed by atoms with E-state index in [2.05, 4.69) is 63.5 Å². The van der Waals surface area contributed by atoms with Gasteiger partial charge >= 0.3 is 0 Å². The zero-order chi connectivity index (χ0) is 31.4. The summed E-state index contributed by atoms with van der Waals surface area (Å²) in [5.74, 6) is 0. The molecule has 0 bridgehead atoms. The zero-order valence-corrected chi connectivity index (χ0v) is 30.0. The van der Waals surface area contributed by atoms with E-state index < -0.39 is 0 Å². The fourth-order valence-corrected chi connectivity index (χ4v) is 6.49. The SMILES string of the molecule is C=CC[N+](CC=C)(CCCCCCCC/C=C\CCCCCCCC)CCCCCCCC/C=C\CCCCCCCC. The lowest BCUT2D eigenvalue weighted by Gasteiger charge is -2.37. The molecule has 0 aliphatic rings. The molecule has 0 heterocycles. The average molecular weight is 599 g/mol. The molecular weight excluding hydrogens is 518 g/mol. The standard InChI is InChI=1S/C42H80N/c1-5-9-11-13-15-17-19-21-23-25-27-29-31-33-35-37-41-43(39-7-3,40-8-4)42-38-36-34-32-30-28-26-24-22-20-18-16-14-12-10-6-2/h7-8,21-24H,3-6,9-20,25-42H2,1-2H3/q+1/b23-21-,24-22-. The number of rotatable bonds is 36. The first-order chi connectivity index (χ1) is 21.2. The Bertz CT molecular complexity index is 560. The number of nitrogens with zero attached hydrogens (tertiary/aromatic N) is 1. The van der Waals surface area contributed by atoms with Crippen molar-refractivity contribution in [2.24, 2.45) is 0 Å². The van der Waals surface area contributed by atoms with Crippen molar-refractivity contribution in [2.75, 3.05) is 26.2 Å². The molecule has 0 radical (unpaired) electrons. The Labute approximate surface area is 273 Å². The van der Waals surface area contributed by atoms with Gasteiger partial charge in [-0.2, -0.15) is 0 Å². The highest BCUT2D eigenvalue weighted by Crippen LogP contribution is 2.17. The minimum atomic E-state index is 1.10. The molecule has 0 aromatic rings. The van der Waals surface area contributed by atoms with Gasteiger partial charge in [-0.15, -0.1) is 0 Å². The van der Waals surface area contributed by atoms with E-state index in [1.807, 2.05) is 0 Å². The highest BCUT2D eigenvalue weighted by molar-refractivity contribution is 4.82. The molecule has 0 aliphatic carbocycles. The third-order valence-electron chi connectivity index (χ3n) is 9.32. The van der Waals surface area contributed by atoms with Gasteiger partial charge in [-0.1, -0.05) is 154 Å². The van der Waals surface area contributed by atoms with E-state index in [0.717, 1.165) is 13.1 Å². The predicted molar refractivity (Wildman–Crippen MR) is 199 cm³/mol. The summed E-state index contributed by atoms with van der Waals surface area (Å²) in [6, 6.07) is 0. The van der Waals surface area contributed by atoms with Gasteiger partial charge in [0.25, 0.3) is 0 Å². The van der Waals surface area contributed by atoms with Crippen molar-refractivity contribution in [3.63, 3.8) is 0 Å². The van der Waals surface area contributed by atoms with Crippen molar-refractivity contribution in [3.8, 4) is 0 Å². The van der Waals surface area contributed by atoms with Gasteiger partial charge in [0.15, 0.2) is 0 Å². The molecule has 0 fully saturated rings. The third kappa shape index (κ3) is 30.7. The fraction of sp³-hybridized carbons (Fsp3) is 0.810. The molecule has 43 heavy (non-hydrogen) atoms. The van der Waals surface area contributed by atoms with Crippen LogP contribution in [0.4, 0.5) is 0 Å². The van der Waals surface area contributed by atoms with E-state index in [1.54, 1.807) is 0 Å². The number of unbranched alkanes of at least 4 members (excludes halogenated alkanes) is 24. The molecule has 0 atom stereocenters. The maximum absolute atomic E-state index is 4.12. The largest absolute Gasteiger partial charge is 0.317 e. The molecule has 0 unspecified atom stereocenters. The highest BCUT2D eigenvalue weighted by Gasteiger charge is 2.23. The second kappa shape index (κ2) is 35.4. The van der Waals surface area contributed by atoms with Crippen LogP contribution in [0.3, 0.4) is 0 Å². The number of allylic oxidation sites excluding steroid dienone is 4. The average Bonchev–Trinajstić information content (AvgIpc) is 3.01. The van der Waals surface area contributed by atoms with Crippen LogP contribution in [0.2, 0.25) is 0 Å². The monoisotopic (exact) mass is 599 g/mol. The first kappa shape index (κ1) is 41.9. The van der Waals surface area contributed by atoms with E-state index >= 15 is 0 Å². The van der Waals surface area contributed by atoms with Gasteiger partial charge in [-0.25, -0.2) is 0 Å². The molecular formula is C42H80N+. The molecule has 0 spiro atoms. The van der Waals surface area contributed by atoms with Crippen LogP contribution in [-0.4, -0.2) is 30.7 Å². The van der Waals surface area contributed by atoms with E-state index in [4.69, 9.17) is 0 Å². The summed E-state index contributed by atoms with van der Waals surface area (Å²) in [6.45, 7) is 17.6. The Morgan fingerprint density at radius 2 is 0.605 bits per heavy atom. The molecule has 0 N–H and O–H groups in total. The second-order valence-corrected chi connectivity index (χ2v) is 13.6. The Balaban J connectivity index is 3.83. The topological polar surface area (TPSA) is 0 Å². The summed E-state index contributed by atoms with van der Waals surface area (Å²) in [6.07, 6.45) is 52.7. The molecule has 1 nitrogen and oxygen atoms in total. The van der Waals surface area contributed by atoms with Gasteiger partial charge in [0.1, 0.15) is 0 Å². The Morgan fingerprint density at radius 1 is 0.349 bits per heavy atom. The lowest BCUT2D eigenvalue weighted by molar-refractivity contribution is -0.917. The number of hydrogen-bond acceptors (Lipinski definition) is 0. The Kier molecular flexibility index (Phi) is 34.5. The first-order valence-electron chi connectivity index (χ1n) is 19.6.